The van der Waals surface area contributed by atoms with Crippen molar-refractivity contribution in [2.24, 2.45) is 7.05 Å². The zero-order valence-electron chi connectivity index (χ0n) is 14.7. The molecule has 0 atom stereocenters. The lowest BCUT2D eigenvalue weighted by molar-refractivity contribution is 0.414. The van der Waals surface area contributed by atoms with Gasteiger partial charge in [-0.15, -0.1) is 0 Å². The van der Waals surface area contributed by atoms with Crippen molar-refractivity contribution in [3.63, 3.8) is 0 Å². The van der Waals surface area contributed by atoms with Crippen LogP contribution in [0.2, 0.25) is 0 Å². The number of nitrogens with one attached hydrogen (secondary N) is 1. The fraction of sp³-hybridized carbons (Fsp3) is 0.143. The molecule has 0 saturated heterocycles. The minimum absolute atomic E-state index is 0.0271. The van der Waals surface area contributed by atoms with E-state index in [0.29, 0.717) is 0 Å². The number of nitrogens with zero attached hydrogens (tertiary/aromatic N) is 2. The number of hydrogen-bond donors (Lipinski definition) is 1. The third-order valence-corrected chi connectivity index (χ3v) is 4.61. The van der Waals surface area contributed by atoms with Crippen LogP contribution in [0.15, 0.2) is 65.8 Å². The Morgan fingerprint density at radius 1 is 1.08 bits per heavy atom. The summed E-state index contributed by atoms with van der Waals surface area (Å²) < 4.78 is 6.87. The molecule has 0 aliphatic heterocycles. The number of hydrogen-bond acceptors (Lipinski definition) is 3. The molecule has 0 fully saturated rings. The van der Waals surface area contributed by atoms with Gasteiger partial charge in [-0.05, 0) is 41.8 Å². The number of benzene rings is 1. The summed E-state index contributed by atoms with van der Waals surface area (Å²) in [5, 5.41) is 0. The van der Waals surface area contributed by atoms with E-state index in [2.05, 4.69) is 28.2 Å². The Morgan fingerprint density at radius 2 is 1.88 bits per heavy atom. The molecule has 5 nitrogen and oxygen atoms in total. The number of rotatable bonds is 4. The standard InChI is InChI=1S/C21H19N3O2/c1-24-20(25)8-7-19-21(24)18(13-23-19)16-10-15(11-22-12-16)9-14-3-5-17(26-2)6-4-14/h3-8,10-13,23H,9H2,1-2H3. The second-order valence-corrected chi connectivity index (χ2v) is 6.30. The number of aryl methyl sites for hydroxylation is 1. The minimum atomic E-state index is -0.0271. The van der Waals surface area contributed by atoms with Crippen molar-refractivity contribution in [2.75, 3.05) is 7.11 Å². The molecule has 0 radical (unpaired) electrons. The lowest BCUT2D eigenvalue weighted by Gasteiger charge is -2.07. The summed E-state index contributed by atoms with van der Waals surface area (Å²) in [7, 11) is 3.45. The Kier molecular flexibility index (Phi) is 4.05. The Bertz CT molecular complexity index is 1120. The predicted octanol–water partition coefficient (Wildman–Crippen LogP) is 3.53. The topological polar surface area (TPSA) is 59.9 Å². The molecule has 3 aromatic heterocycles. The number of fused-ring (bicyclic) bond motifs is 1. The highest BCUT2D eigenvalue weighted by Gasteiger charge is 2.11. The second kappa shape index (κ2) is 6.52. The van der Waals surface area contributed by atoms with Gasteiger partial charge in [0.2, 0.25) is 0 Å². The molecule has 4 rings (SSSR count). The largest absolute Gasteiger partial charge is 0.497 e. The van der Waals surface area contributed by atoms with E-state index >= 15 is 0 Å². The lowest BCUT2D eigenvalue weighted by Crippen LogP contribution is -2.14. The molecule has 0 unspecified atom stereocenters. The summed E-state index contributed by atoms with van der Waals surface area (Å²) in [6.07, 6.45) is 6.42. The summed E-state index contributed by atoms with van der Waals surface area (Å²) in [6, 6.07) is 13.5. The second-order valence-electron chi connectivity index (χ2n) is 6.30. The van der Waals surface area contributed by atoms with E-state index in [1.54, 1.807) is 24.8 Å². The third-order valence-electron chi connectivity index (χ3n) is 4.61. The zero-order chi connectivity index (χ0) is 18.1. The fourth-order valence-corrected chi connectivity index (χ4v) is 3.23. The van der Waals surface area contributed by atoms with E-state index in [4.69, 9.17) is 4.74 Å². The van der Waals surface area contributed by atoms with Crippen LogP contribution in [-0.4, -0.2) is 21.6 Å². The van der Waals surface area contributed by atoms with Crippen LogP contribution in [0.25, 0.3) is 22.2 Å². The van der Waals surface area contributed by atoms with Gasteiger partial charge in [0, 0.05) is 42.8 Å². The summed E-state index contributed by atoms with van der Waals surface area (Å²) in [4.78, 5) is 19.6. The van der Waals surface area contributed by atoms with Crippen molar-refractivity contribution >= 4 is 11.0 Å². The molecule has 0 aliphatic rings. The van der Waals surface area contributed by atoms with Crippen molar-refractivity contribution in [1.29, 1.82) is 0 Å². The highest BCUT2D eigenvalue weighted by Crippen LogP contribution is 2.28. The monoisotopic (exact) mass is 345 g/mol. The van der Waals surface area contributed by atoms with Crippen molar-refractivity contribution in [3.05, 3.63) is 82.5 Å². The van der Waals surface area contributed by atoms with Gasteiger partial charge in [0.25, 0.3) is 5.56 Å². The van der Waals surface area contributed by atoms with Crippen LogP contribution >= 0.6 is 0 Å². The summed E-state index contributed by atoms with van der Waals surface area (Å²) in [6.45, 7) is 0. The van der Waals surface area contributed by atoms with Crippen molar-refractivity contribution < 1.29 is 4.74 Å². The highest BCUT2D eigenvalue weighted by atomic mass is 16.5. The summed E-state index contributed by atoms with van der Waals surface area (Å²) >= 11 is 0. The molecule has 130 valence electrons. The summed E-state index contributed by atoms with van der Waals surface area (Å²) in [5.74, 6) is 0.848. The number of H-pyrrole nitrogens is 1. The number of ether oxygens (including phenoxy) is 1. The van der Waals surface area contributed by atoms with Crippen LogP contribution in [0, 0.1) is 0 Å². The SMILES string of the molecule is COc1ccc(Cc2cncc(-c3c[nH]c4ccc(=O)n(C)c34)c2)cc1. The highest BCUT2D eigenvalue weighted by molar-refractivity contribution is 5.92. The van der Waals surface area contributed by atoms with E-state index < -0.39 is 0 Å². The molecule has 0 amide bonds. The average Bonchev–Trinajstić information content (AvgIpc) is 3.10. The molecule has 0 aliphatic carbocycles. The van der Waals surface area contributed by atoms with Gasteiger partial charge in [0.1, 0.15) is 5.75 Å². The van der Waals surface area contributed by atoms with Gasteiger partial charge >= 0.3 is 0 Å². The van der Waals surface area contributed by atoms with E-state index in [0.717, 1.165) is 39.9 Å². The first-order valence-electron chi connectivity index (χ1n) is 8.40. The van der Waals surface area contributed by atoms with Crippen LogP contribution < -0.4 is 10.3 Å². The van der Waals surface area contributed by atoms with Gasteiger partial charge in [-0.2, -0.15) is 0 Å². The van der Waals surface area contributed by atoms with Crippen LogP contribution in [0.3, 0.4) is 0 Å². The molecule has 0 bridgehead atoms. The molecule has 0 saturated carbocycles. The average molecular weight is 345 g/mol. The van der Waals surface area contributed by atoms with Crippen molar-refractivity contribution in [2.45, 2.75) is 6.42 Å². The number of pyridine rings is 2. The van der Waals surface area contributed by atoms with Gasteiger partial charge in [-0.25, -0.2) is 0 Å². The maximum atomic E-state index is 12.0. The first-order valence-corrected chi connectivity index (χ1v) is 8.40. The summed E-state index contributed by atoms with van der Waals surface area (Å²) in [5.41, 5.74) is 6.07. The van der Waals surface area contributed by atoms with E-state index in [9.17, 15) is 4.79 Å². The maximum Gasteiger partial charge on any atom is 0.250 e. The quantitative estimate of drug-likeness (QED) is 0.615. The molecule has 3 heterocycles. The number of methoxy groups -OCH3 is 1. The Labute approximate surface area is 150 Å². The first kappa shape index (κ1) is 16.1. The molecule has 4 aromatic rings. The number of aromatic nitrogens is 3. The van der Waals surface area contributed by atoms with Gasteiger partial charge < -0.3 is 14.3 Å². The predicted molar refractivity (Wildman–Crippen MR) is 103 cm³/mol. The minimum Gasteiger partial charge on any atom is -0.497 e. The van der Waals surface area contributed by atoms with Gasteiger partial charge in [-0.1, -0.05) is 12.1 Å². The third kappa shape index (κ3) is 2.88. The van der Waals surface area contributed by atoms with Crippen LogP contribution in [-0.2, 0) is 13.5 Å². The lowest BCUT2D eigenvalue weighted by atomic mass is 10.0. The van der Waals surface area contributed by atoms with Crippen LogP contribution in [0.5, 0.6) is 5.75 Å². The van der Waals surface area contributed by atoms with Crippen molar-refractivity contribution in [3.8, 4) is 16.9 Å². The Balaban J connectivity index is 1.72. The molecule has 1 N–H and O–H groups in total. The first-order chi connectivity index (χ1) is 12.7. The Morgan fingerprint density at radius 3 is 2.65 bits per heavy atom. The van der Waals surface area contributed by atoms with Gasteiger partial charge in [0.05, 0.1) is 18.1 Å². The smallest absolute Gasteiger partial charge is 0.250 e. The fourth-order valence-electron chi connectivity index (χ4n) is 3.23. The van der Waals surface area contributed by atoms with E-state index in [1.807, 2.05) is 36.8 Å². The van der Waals surface area contributed by atoms with Crippen LogP contribution in [0.1, 0.15) is 11.1 Å². The molecular weight excluding hydrogens is 326 g/mol. The molecule has 26 heavy (non-hydrogen) atoms. The number of aromatic amines is 1. The molecule has 1 aromatic carbocycles. The van der Waals surface area contributed by atoms with E-state index in [1.165, 1.54) is 5.56 Å². The zero-order valence-corrected chi connectivity index (χ0v) is 14.7. The van der Waals surface area contributed by atoms with Crippen LogP contribution in [0.4, 0.5) is 0 Å². The van der Waals surface area contributed by atoms with E-state index in [-0.39, 0.29) is 5.56 Å². The molecule has 0 spiro atoms. The van der Waals surface area contributed by atoms with Gasteiger partial charge in [0.15, 0.2) is 0 Å². The Hall–Kier alpha value is -3.34. The normalized spacial score (nSPS) is 11.0. The maximum absolute atomic E-state index is 12.0. The molecule has 5 heteroatoms. The molecular formula is C21H19N3O2. The van der Waals surface area contributed by atoms with Crippen molar-refractivity contribution in [1.82, 2.24) is 14.5 Å². The van der Waals surface area contributed by atoms with Gasteiger partial charge in [-0.3, -0.25) is 9.78 Å².